The van der Waals surface area contributed by atoms with Crippen molar-refractivity contribution in [2.75, 3.05) is 13.2 Å². The third-order valence-corrected chi connectivity index (χ3v) is 8.34. The number of benzene rings is 3. The Labute approximate surface area is 264 Å². The third kappa shape index (κ3) is 8.49. The van der Waals surface area contributed by atoms with E-state index in [0.717, 1.165) is 47.1 Å². The summed E-state index contributed by atoms with van der Waals surface area (Å²) in [5.41, 5.74) is 5.34. The molecule has 1 fully saturated rings. The van der Waals surface area contributed by atoms with Crippen molar-refractivity contribution in [2.24, 2.45) is 0 Å². The number of ether oxygens (including phenoxy) is 4. The van der Waals surface area contributed by atoms with E-state index in [9.17, 15) is 14.4 Å². The Bertz CT molecular complexity index is 1390. The first kappa shape index (κ1) is 32.2. The van der Waals surface area contributed by atoms with E-state index in [0.29, 0.717) is 13.0 Å². The van der Waals surface area contributed by atoms with E-state index in [2.05, 4.69) is 22.8 Å². The highest BCUT2D eigenvalue weighted by Crippen LogP contribution is 2.44. The van der Waals surface area contributed by atoms with Crippen molar-refractivity contribution >= 4 is 18.0 Å². The molecule has 3 aromatic carbocycles. The Morgan fingerprint density at radius 2 is 1.53 bits per heavy atom. The van der Waals surface area contributed by atoms with Gasteiger partial charge in [-0.2, -0.15) is 0 Å². The van der Waals surface area contributed by atoms with Crippen LogP contribution in [0.25, 0.3) is 11.1 Å². The van der Waals surface area contributed by atoms with Crippen LogP contribution in [-0.2, 0) is 35.1 Å². The number of nitrogens with one attached hydrogen (secondary N) is 2. The summed E-state index contributed by atoms with van der Waals surface area (Å²) in [6, 6.07) is 24.0. The lowest BCUT2D eigenvalue weighted by atomic mass is 9.98. The van der Waals surface area contributed by atoms with Gasteiger partial charge >= 0.3 is 12.1 Å². The molecule has 9 heteroatoms. The summed E-state index contributed by atoms with van der Waals surface area (Å²) in [6.07, 6.45) is 1.54. The van der Waals surface area contributed by atoms with Crippen molar-refractivity contribution in [1.29, 1.82) is 0 Å². The van der Waals surface area contributed by atoms with Crippen molar-refractivity contribution in [3.8, 4) is 11.1 Å². The van der Waals surface area contributed by atoms with E-state index in [4.69, 9.17) is 18.9 Å². The van der Waals surface area contributed by atoms with Gasteiger partial charge < -0.3 is 29.6 Å². The van der Waals surface area contributed by atoms with Gasteiger partial charge in [-0.05, 0) is 60.4 Å². The van der Waals surface area contributed by atoms with Gasteiger partial charge in [0.2, 0.25) is 5.91 Å². The zero-order valence-electron chi connectivity index (χ0n) is 25.9. The first-order valence-corrected chi connectivity index (χ1v) is 15.8. The van der Waals surface area contributed by atoms with Gasteiger partial charge in [0.15, 0.2) is 6.29 Å². The van der Waals surface area contributed by atoms with Crippen LogP contribution in [0.3, 0.4) is 0 Å². The van der Waals surface area contributed by atoms with Gasteiger partial charge in [-0.25, -0.2) is 4.79 Å². The molecule has 2 unspecified atom stereocenters. The summed E-state index contributed by atoms with van der Waals surface area (Å²) >= 11 is 0. The van der Waals surface area contributed by atoms with Gasteiger partial charge in [0.1, 0.15) is 19.3 Å². The van der Waals surface area contributed by atoms with Crippen LogP contribution in [0.2, 0.25) is 0 Å². The van der Waals surface area contributed by atoms with Gasteiger partial charge in [-0.3, -0.25) is 9.59 Å². The Kier molecular flexibility index (Phi) is 11.2. The third-order valence-electron chi connectivity index (χ3n) is 8.34. The van der Waals surface area contributed by atoms with Crippen LogP contribution >= 0.6 is 0 Å². The number of esters is 1. The molecule has 0 saturated carbocycles. The summed E-state index contributed by atoms with van der Waals surface area (Å²) in [6.45, 7) is 4.38. The first-order valence-electron chi connectivity index (χ1n) is 15.8. The van der Waals surface area contributed by atoms with E-state index < -0.39 is 42.4 Å². The number of hydrogen-bond donors (Lipinski definition) is 2. The fourth-order valence-corrected chi connectivity index (χ4v) is 5.93. The smallest absolute Gasteiger partial charge is 0.407 e. The maximum atomic E-state index is 13.3. The second-order valence-corrected chi connectivity index (χ2v) is 11.5. The van der Waals surface area contributed by atoms with Crippen molar-refractivity contribution in [1.82, 2.24) is 10.6 Å². The molecule has 0 bridgehead atoms. The minimum atomic E-state index is -0.924. The van der Waals surface area contributed by atoms with Gasteiger partial charge in [0.25, 0.3) is 0 Å². The highest BCUT2D eigenvalue weighted by atomic mass is 16.7. The van der Waals surface area contributed by atoms with E-state index in [1.54, 1.807) is 6.92 Å². The maximum Gasteiger partial charge on any atom is 0.407 e. The van der Waals surface area contributed by atoms with Crippen molar-refractivity contribution in [2.45, 2.75) is 83.0 Å². The fourth-order valence-electron chi connectivity index (χ4n) is 5.93. The molecule has 1 heterocycles. The second-order valence-electron chi connectivity index (χ2n) is 11.5. The molecule has 1 saturated heterocycles. The zero-order valence-corrected chi connectivity index (χ0v) is 25.9. The van der Waals surface area contributed by atoms with Gasteiger partial charge in [-0.15, -0.1) is 0 Å². The molecule has 2 amide bonds. The number of amides is 2. The molecular weight excluding hydrogens is 572 g/mol. The normalized spacial score (nSPS) is 17.7. The van der Waals surface area contributed by atoms with E-state index in [-0.39, 0.29) is 25.6 Å². The summed E-state index contributed by atoms with van der Waals surface area (Å²) in [5, 5.41) is 5.56. The fraction of sp³-hybridized carbons (Fsp3) is 0.417. The Morgan fingerprint density at radius 1 is 0.867 bits per heavy atom. The zero-order chi connectivity index (χ0) is 31.6. The average molecular weight is 615 g/mol. The molecule has 0 radical (unpaired) electrons. The number of hydrogen-bond acceptors (Lipinski definition) is 7. The van der Waals surface area contributed by atoms with Gasteiger partial charge in [0, 0.05) is 12.5 Å². The predicted molar refractivity (Wildman–Crippen MR) is 169 cm³/mol. The number of rotatable bonds is 13. The quantitative estimate of drug-likeness (QED) is 0.232. The summed E-state index contributed by atoms with van der Waals surface area (Å²) < 4.78 is 23.1. The number of fused-ring (bicyclic) bond motifs is 3. The van der Waals surface area contributed by atoms with Crippen molar-refractivity contribution in [3.63, 3.8) is 0 Å². The van der Waals surface area contributed by atoms with Crippen LogP contribution < -0.4 is 10.6 Å². The summed E-state index contributed by atoms with van der Waals surface area (Å²) in [4.78, 5) is 39.1. The SMILES string of the molecule is CCC(OC1CCCCO1)[C@H](CC(=O)OCc1ccccc1)NC(=O)[C@H](C)NC(=O)OCC1c2ccccc2-c2ccccc21. The van der Waals surface area contributed by atoms with Crippen LogP contribution in [0.5, 0.6) is 0 Å². The summed E-state index contributed by atoms with van der Waals surface area (Å²) in [5.74, 6) is -1.02. The highest BCUT2D eigenvalue weighted by Gasteiger charge is 2.32. The first-order chi connectivity index (χ1) is 21.9. The van der Waals surface area contributed by atoms with E-state index in [1.807, 2.05) is 73.7 Å². The molecular formula is C36H42N2O7. The van der Waals surface area contributed by atoms with Gasteiger partial charge in [0.05, 0.1) is 18.6 Å². The minimum Gasteiger partial charge on any atom is -0.461 e. The molecule has 3 aromatic rings. The van der Waals surface area contributed by atoms with E-state index >= 15 is 0 Å². The van der Waals surface area contributed by atoms with Crippen LogP contribution in [0.15, 0.2) is 78.9 Å². The molecule has 0 aromatic heterocycles. The van der Waals surface area contributed by atoms with Crippen molar-refractivity contribution in [3.05, 3.63) is 95.6 Å². The lowest BCUT2D eigenvalue weighted by molar-refractivity contribution is -0.196. The van der Waals surface area contributed by atoms with E-state index in [1.165, 1.54) is 0 Å². The number of carbonyl (C=O) groups excluding carboxylic acids is 3. The Balaban J connectivity index is 1.18. The molecule has 238 valence electrons. The molecule has 1 aliphatic carbocycles. The molecule has 45 heavy (non-hydrogen) atoms. The van der Waals surface area contributed by atoms with Gasteiger partial charge in [-0.1, -0.05) is 85.8 Å². The van der Waals surface area contributed by atoms with Crippen LogP contribution in [0.1, 0.15) is 68.6 Å². The van der Waals surface area contributed by atoms with Crippen LogP contribution in [-0.4, -0.2) is 55.7 Å². The number of alkyl carbamates (subject to hydrolysis) is 1. The maximum absolute atomic E-state index is 13.3. The van der Waals surface area contributed by atoms with Crippen LogP contribution in [0, 0.1) is 0 Å². The highest BCUT2D eigenvalue weighted by molar-refractivity contribution is 5.86. The molecule has 0 spiro atoms. The minimum absolute atomic E-state index is 0.0944. The topological polar surface area (TPSA) is 112 Å². The monoisotopic (exact) mass is 614 g/mol. The largest absolute Gasteiger partial charge is 0.461 e. The molecule has 9 nitrogen and oxygen atoms in total. The number of carbonyl (C=O) groups is 3. The molecule has 2 N–H and O–H groups in total. The predicted octanol–water partition coefficient (Wildman–Crippen LogP) is 5.85. The molecule has 2 aliphatic rings. The van der Waals surface area contributed by atoms with Crippen molar-refractivity contribution < 1.29 is 33.3 Å². The summed E-state index contributed by atoms with van der Waals surface area (Å²) in [7, 11) is 0. The standard InChI is InChI=1S/C36H42N2O7/c1-3-32(45-34-19-11-12-20-42-34)31(21-33(39)43-22-25-13-5-4-6-14-25)38-35(40)24(2)37-36(41)44-23-30-28-17-9-7-15-26(28)27-16-8-10-18-29(27)30/h4-10,13-18,24,30-32,34H,3,11-12,19-23H2,1-2H3,(H,37,41)(H,38,40)/t24-,31-,32?,34?/m0/s1. The molecule has 5 rings (SSSR count). The lowest BCUT2D eigenvalue weighted by Crippen LogP contribution is -2.53. The second kappa shape index (κ2) is 15.7. The Hall–Kier alpha value is -4.21. The molecule has 4 atom stereocenters. The Morgan fingerprint density at radius 3 is 2.18 bits per heavy atom. The molecule has 1 aliphatic heterocycles. The average Bonchev–Trinajstić information content (AvgIpc) is 3.39. The van der Waals surface area contributed by atoms with Crippen LogP contribution in [0.4, 0.5) is 4.79 Å². The lowest BCUT2D eigenvalue weighted by Gasteiger charge is -2.32.